The largest absolute Gasteiger partial charge is 0.493 e. The van der Waals surface area contributed by atoms with E-state index >= 15 is 0 Å². The molecule has 4 rings (SSSR count). The Morgan fingerprint density at radius 1 is 1.03 bits per heavy atom. The average molecular weight is 451 g/mol. The van der Waals surface area contributed by atoms with Crippen molar-refractivity contribution in [2.45, 2.75) is 6.42 Å². The highest BCUT2D eigenvalue weighted by molar-refractivity contribution is 7.15. The number of hydrogen-bond donors (Lipinski definition) is 0. The standard InChI is InChI=1S/C23H22N4O4S/c1-26(2)16-8-5-14(6-9-16)13-20-22(29)27-23(32-20)24-21(28)17(25-27)11-15-7-10-18(30-3)19(12-15)31-4/h5-10,12-13H,11H2,1-4H3/b20-13+. The van der Waals surface area contributed by atoms with Gasteiger partial charge in [0.25, 0.3) is 11.1 Å². The van der Waals surface area contributed by atoms with Gasteiger partial charge in [-0.25, -0.2) is 0 Å². The van der Waals surface area contributed by atoms with E-state index in [0.717, 1.165) is 28.2 Å². The van der Waals surface area contributed by atoms with Gasteiger partial charge in [0.05, 0.1) is 18.8 Å². The Morgan fingerprint density at radius 3 is 2.41 bits per heavy atom. The number of rotatable bonds is 6. The van der Waals surface area contributed by atoms with Crippen LogP contribution in [0.2, 0.25) is 0 Å². The van der Waals surface area contributed by atoms with E-state index in [1.165, 1.54) is 4.52 Å². The molecule has 4 aromatic rings. The maximum Gasteiger partial charge on any atom is 0.296 e. The first-order valence-electron chi connectivity index (χ1n) is 9.82. The molecule has 0 unspecified atom stereocenters. The van der Waals surface area contributed by atoms with Crippen LogP contribution in [-0.2, 0) is 6.42 Å². The topological polar surface area (TPSA) is 86.0 Å². The maximum atomic E-state index is 12.9. The van der Waals surface area contributed by atoms with Crippen molar-refractivity contribution >= 4 is 28.1 Å². The Hall–Kier alpha value is -3.72. The second-order valence-corrected chi connectivity index (χ2v) is 8.34. The van der Waals surface area contributed by atoms with Gasteiger partial charge in [0, 0.05) is 26.2 Å². The van der Waals surface area contributed by atoms with E-state index in [0.29, 0.717) is 16.0 Å². The molecule has 2 heterocycles. The lowest BCUT2D eigenvalue weighted by molar-refractivity contribution is 0.354. The number of thiazole rings is 1. The smallest absolute Gasteiger partial charge is 0.296 e. The van der Waals surface area contributed by atoms with Crippen LogP contribution in [0.1, 0.15) is 16.8 Å². The van der Waals surface area contributed by atoms with E-state index in [2.05, 4.69) is 10.1 Å². The third kappa shape index (κ3) is 4.19. The number of fused-ring (bicyclic) bond motifs is 1. The summed E-state index contributed by atoms with van der Waals surface area (Å²) in [7, 11) is 7.04. The molecule has 2 aromatic heterocycles. The predicted octanol–water partition coefficient (Wildman–Crippen LogP) is 1.73. The Kier molecular flexibility index (Phi) is 5.91. The molecule has 32 heavy (non-hydrogen) atoms. The van der Waals surface area contributed by atoms with Crippen molar-refractivity contribution in [1.29, 1.82) is 0 Å². The normalized spacial score (nSPS) is 11.7. The van der Waals surface area contributed by atoms with E-state index in [9.17, 15) is 9.59 Å². The predicted molar refractivity (Wildman–Crippen MR) is 125 cm³/mol. The highest BCUT2D eigenvalue weighted by atomic mass is 32.1. The molecule has 0 amide bonds. The zero-order valence-electron chi connectivity index (χ0n) is 18.2. The van der Waals surface area contributed by atoms with E-state index in [1.54, 1.807) is 32.4 Å². The van der Waals surface area contributed by atoms with Crippen molar-refractivity contribution in [3.05, 3.63) is 84.5 Å². The molecule has 0 radical (unpaired) electrons. The number of aromatic nitrogens is 3. The van der Waals surface area contributed by atoms with E-state index in [-0.39, 0.29) is 22.6 Å². The maximum absolute atomic E-state index is 12.9. The number of anilines is 1. The van der Waals surface area contributed by atoms with Crippen molar-refractivity contribution < 1.29 is 9.47 Å². The summed E-state index contributed by atoms with van der Waals surface area (Å²) in [5.41, 5.74) is 2.17. The molecule has 0 aliphatic heterocycles. The summed E-state index contributed by atoms with van der Waals surface area (Å²) in [6, 6.07) is 13.2. The van der Waals surface area contributed by atoms with Crippen molar-refractivity contribution in [1.82, 2.24) is 14.6 Å². The van der Waals surface area contributed by atoms with Crippen molar-refractivity contribution in [3.63, 3.8) is 0 Å². The molecule has 0 bridgehead atoms. The first kappa shape index (κ1) is 21.5. The van der Waals surface area contributed by atoms with Gasteiger partial charge >= 0.3 is 0 Å². The Morgan fingerprint density at radius 2 is 1.75 bits per heavy atom. The van der Waals surface area contributed by atoms with Gasteiger partial charge in [-0.15, -0.1) is 0 Å². The van der Waals surface area contributed by atoms with Gasteiger partial charge in [0.1, 0.15) is 5.69 Å². The molecular weight excluding hydrogens is 428 g/mol. The summed E-state index contributed by atoms with van der Waals surface area (Å²) in [5, 5.41) is 4.31. The van der Waals surface area contributed by atoms with Gasteiger partial charge in [0.2, 0.25) is 4.96 Å². The summed E-state index contributed by atoms with van der Waals surface area (Å²) in [6.45, 7) is 0. The lowest BCUT2D eigenvalue weighted by atomic mass is 10.1. The minimum atomic E-state index is -0.456. The molecule has 164 valence electrons. The van der Waals surface area contributed by atoms with Crippen LogP contribution >= 0.6 is 11.3 Å². The van der Waals surface area contributed by atoms with Crippen LogP contribution in [0.3, 0.4) is 0 Å². The molecule has 9 heteroatoms. The van der Waals surface area contributed by atoms with Gasteiger partial charge < -0.3 is 14.4 Å². The van der Waals surface area contributed by atoms with E-state index < -0.39 is 5.56 Å². The van der Waals surface area contributed by atoms with E-state index in [4.69, 9.17) is 9.47 Å². The van der Waals surface area contributed by atoms with Gasteiger partial charge in [0.15, 0.2) is 11.5 Å². The molecular formula is C23H22N4O4S. The third-order valence-electron chi connectivity index (χ3n) is 4.98. The van der Waals surface area contributed by atoms with Gasteiger partial charge in [-0.1, -0.05) is 29.5 Å². The molecule has 2 aromatic carbocycles. The van der Waals surface area contributed by atoms with Crippen LogP contribution < -0.4 is 30.0 Å². The van der Waals surface area contributed by atoms with Crippen LogP contribution in [0.5, 0.6) is 11.5 Å². The molecule has 0 spiro atoms. The van der Waals surface area contributed by atoms with Gasteiger partial charge in [-0.05, 0) is 41.5 Å². The third-order valence-corrected chi connectivity index (χ3v) is 5.94. The molecule has 0 fully saturated rings. The minimum absolute atomic E-state index is 0.187. The number of benzene rings is 2. The summed E-state index contributed by atoms with van der Waals surface area (Å²) < 4.78 is 12.2. The van der Waals surface area contributed by atoms with Crippen molar-refractivity contribution in [2.75, 3.05) is 33.2 Å². The molecule has 0 atom stereocenters. The van der Waals surface area contributed by atoms with Crippen LogP contribution in [-0.4, -0.2) is 42.9 Å². The second kappa shape index (κ2) is 8.80. The highest BCUT2D eigenvalue weighted by Gasteiger charge is 2.13. The molecule has 0 N–H and O–H groups in total. The van der Waals surface area contributed by atoms with Gasteiger partial charge in [-0.2, -0.15) is 14.6 Å². The molecule has 8 nitrogen and oxygen atoms in total. The highest BCUT2D eigenvalue weighted by Crippen LogP contribution is 2.28. The quantitative estimate of drug-likeness (QED) is 0.442. The Balaban J connectivity index is 1.72. The fraction of sp³-hybridized carbons (Fsp3) is 0.217. The van der Waals surface area contributed by atoms with Crippen LogP contribution in [0.15, 0.2) is 52.1 Å². The Bertz CT molecular complexity index is 1440. The molecule has 0 saturated carbocycles. The summed E-state index contributed by atoms with van der Waals surface area (Å²) in [5.74, 6) is 1.14. The molecule has 0 aliphatic carbocycles. The first-order valence-corrected chi connectivity index (χ1v) is 10.6. The van der Waals surface area contributed by atoms with Crippen molar-refractivity contribution in [3.8, 4) is 11.5 Å². The lowest BCUT2D eigenvalue weighted by Gasteiger charge is -2.11. The van der Waals surface area contributed by atoms with Gasteiger partial charge in [-0.3, -0.25) is 9.59 Å². The number of hydrogen-bond acceptors (Lipinski definition) is 8. The van der Waals surface area contributed by atoms with Crippen LogP contribution in [0, 0.1) is 0 Å². The lowest BCUT2D eigenvalue weighted by Crippen LogP contribution is -2.28. The minimum Gasteiger partial charge on any atom is -0.493 e. The molecule has 0 saturated heterocycles. The summed E-state index contributed by atoms with van der Waals surface area (Å²) >= 11 is 1.14. The number of ether oxygens (including phenoxy) is 2. The Labute approximate surface area is 188 Å². The first-order chi connectivity index (χ1) is 15.4. The number of nitrogens with zero attached hydrogens (tertiary/aromatic N) is 4. The van der Waals surface area contributed by atoms with Crippen LogP contribution in [0.4, 0.5) is 5.69 Å². The van der Waals surface area contributed by atoms with Crippen LogP contribution in [0.25, 0.3) is 11.0 Å². The monoisotopic (exact) mass is 450 g/mol. The zero-order chi connectivity index (χ0) is 22.8. The van der Waals surface area contributed by atoms with E-state index in [1.807, 2.05) is 49.3 Å². The fourth-order valence-electron chi connectivity index (χ4n) is 3.26. The summed E-state index contributed by atoms with van der Waals surface area (Å²) in [4.78, 5) is 31.8. The molecule has 0 aliphatic rings. The van der Waals surface area contributed by atoms with Crippen molar-refractivity contribution in [2.24, 2.45) is 0 Å². The SMILES string of the molecule is COc1ccc(Cc2nn3c(=O)/c(=C\c4ccc(N(C)C)cc4)sc3nc2=O)cc1OC. The second-order valence-electron chi connectivity index (χ2n) is 7.33. The average Bonchev–Trinajstić information content (AvgIpc) is 3.08. The fourth-order valence-corrected chi connectivity index (χ4v) is 4.16. The number of methoxy groups -OCH3 is 2. The summed E-state index contributed by atoms with van der Waals surface area (Å²) in [6.07, 6.45) is 2.00. The zero-order valence-corrected chi connectivity index (χ0v) is 19.0.